The van der Waals surface area contributed by atoms with Gasteiger partial charge in [0.25, 0.3) is 0 Å². The quantitative estimate of drug-likeness (QED) is 0.199. The number of hydrogen-bond donors (Lipinski definition) is 0. The van der Waals surface area contributed by atoms with E-state index < -0.39 is 7.14 Å². The largest absolute Gasteiger partial charge is 0.313 e. The monoisotopic (exact) mass is 529 g/mol. The highest BCUT2D eigenvalue weighted by atomic mass is 32.2. The number of nitrogens with zero attached hydrogens (tertiary/aromatic N) is 1. The Morgan fingerprint density at radius 1 is 0.784 bits per heavy atom. The van der Waals surface area contributed by atoms with Crippen molar-refractivity contribution in [3.63, 3.8) is 0 Å². The predicted molar refractivity (Wildman–Crippen MR) is 150 cm³/mol. The summed E-state index contributed by atoms with van der Waals surface area (Å²) in [4.78, 5) is 6.55. The summed E-state index contributed by atoms with van der Waals surface area (Å²) in [5, 5.41) is 2.17. The first kappa shape index (κ1) is 25.4. The van der Waals surface area contributed by atoms with Gasteiger partial charge in [-0.3, -0.25) is 4.98 Å². The topological polar surface area (TPSA) is 30.0 Å². The third kappa shape index (κ3) is 5.25. The van der Waals surface area contributed by atoms with Crippen molar-refractivity contribution in [1.82, 2.24) is 4.98 Å². The number of halogens is 2. The molecular formula is C31H26F2NOPS. The summed E-state index contributed by atoms with van der Waals surface area (Å²) in [5.41, 5.74) is 2.34. The Kier molecular flexibility index (Phi) is 7.28. The van der Waals surface area contributed by atoms with Gasteiger partial charge in [0, 0.05) is 37.6 Å². The number of fused-ring (bicyclic) bond motifs is 1. The molecule has 5 rings (SSSR count). The van der Waals surface area contributed by atoms with Gasteiger partial charge in [-0.25, -0.2) is 8.78 Å². The van der Waals surface area contributed by atoms with E-state index in [1.165, 1.54) is 36.0 Å². The molecule has 0 aliphatic carbocycles. The lowest BCUT2D eigenvalue weighted by atomic mass is 10.0. The minimum absolute atomic E-state index is 0.0389. The number of rotatable bonds is 7. The molecule has 0 radical (unpaired) electrons. The zero-order chi connectivity index (χ0) is 26.0. The lowest BCUT2D eigenvalue weighted by Gasteiger charge is -2.25. The molecule has 0 bridgehead atoms. The fourth-order valence-corrected chi connectivity index (χ4v) is 8.45. The van der Waals surface area contributed by atoms with E-state index in [2.05, 4.69) is 13.8 Å². The van der Waals surface area contributed by atoms with Crippen molar-refractivity contribution in [3.05, 3.63) is 126 Å². The van der Waals surface area contributed by atoms with Crippen LogP contribution in [0.15, 0.2) is 113 Å². The molecule has 1 aromatic heterocycles. The van der Waals surface area contributed by atoms with Crippen LogP contribution < -0.4 is 10.6 Å². The van der Waals surface area contributed by atoms with E-state index in [0.29, 0.717) is 10.9 Å². The third-order valence-corrected chi connectivity index (χ3v) is 10.5. The Hall–Kier alpha value is -3.27. The Balaban J connectivity index is 1.79. The highest BCUT2D eigenvalue weighted by Crippen LogP contribution is 2.51. The summed E-state index contributed by atoms with van der Waals surface area (Å²) < 4.78 is 43.3. The van der Waals surface area contributed by atoms with Crippen LogP contribution in [0.5, 0.6) is 0 Å². The molecule has 0 spiro atoms. The van der Waals surface area contributed by atoms with Gasteiger partial charge in [-0.15, -0.1) is 0 Å². The van der Waals surface area contributed by atoms with E-state index in [0.717, 1.165) is 31.7 Å². The molecule has 37 heavy (non-hydrogen) atoms. The van der Waals surface area contributed by atoms with Crippen LogP contribution in [0.25, 0.3) is 10.9 Å². The molecule has 1 heterocycles. The van der Waals surface area contributed by atoms with Crippen LogP contribution in [0.4, 0.5) is 8.78 Å². The second kappa shape index (κ2) is 10.6. The van der Waals surface area contributed by atoms with Crippen molar-refractivity contribution in [2.24, 2.45) is 0 Å². The highest BCUT2D eigenvalue weighted by molar-refractivity contribution is 7.99. The molecule has 4 aromatic carbocycles. The van der Waals surface area contributed by atoms with E-state index >= 15 is 4.57 Å². The first-order valence-corrected chi connectivity index (χ1v) is 14.8. The van der Waals surface area contributed by atoms with E-state index in [9.17, 15) is 8.78 Å². The van der Waals surface area contributed by atoms with Gasteiger partial charge in [0.1, 0.15) is 18.8 Å². The smallest absolute Gasteiger partial charge is 0.147 e. The normalized spacial score (nSPS) is 11.8. The first-order valence-electron chi connectivity index (χ1n) is 12.1. The molecule has 186 valence electrons. The maximum atomic E-state index is 15.1. The lowest BCUT2D eigenvalue weighted by molar-refractivity contribution is 0.586. The molecule has 2 nitrogen and oxygen atoms in total. The average molecular weight is 530 g/mol. The zero-order valence-electron chi connectivity index (χ0n) is 20.6. The minimum Gasteiger partial charge on any atom is -0.313 e. The van der Waals surface area contributed by atoms with Crippen LogP contribution in [-0.4, -0.2) is 4.98 Å². The van der Waals surface area contributed by atoms with E-state index in [-0.39, 0.29) is 23.7 Å². The minimum atomic E-state index is -3.15. The van der Waals surface area contributed by atoms with Gasteiger partial charge in [-0.2, -0.15) is 0 Å². The summed E-state index contributed by atoms with van der Waals surface area (Å²) in [6.07, 6.45) is 0.234. The fraction of sp³-hybridized carbons (Fsp3) is 0.129. The summed E-state index contributed by atoms with van der Waals surface area (Å²) in [6, 6.07) is 29.9. The van der Waals surface area contributed by atoms with Crippen molar-refractivity contribution >= 4 is 40.4 Å². The molecule has 0 saturated carbocycles. The van der Waals surface area contributed by atoms with Gasteiger partial charge in [-0.1, -0.05) is 86.3 Å². The van der Waals surface area contributed by atoms with Gasteiger partial charge in [0.05, 0.1) is 5.52 Å². The number of pyridine rings is 1. The first-order chi connectivity index (χ1) is 17.8. The molecule has 0 N–H and O–H groups in total. The van der Waals surface area contributed by atoms with E-state index in [4.69, 9.17) is 4.98 Å². The van der Waals surface area contributed by atoms with Gasteiger partial charge in [-0.05, 0) is 53.9 Å². The number of benzene rings is 4. The molecule has 0 atom stereocenters. The van der Waals surface area contributed by atoms with Crippen LogP contribution in [0.2, 0.25) is 0 Å². The Labute approximate surface area is 220 Å². The van der Waals surface area contributed by atoms with Crippen LogP contribution in [0, 0.1) is 11.6 Å². The maximum absolute atomic E-state index is 15.1. The molecule has 0 saturated heterocycles. The van der Waals surface area contributed by atoms with Crippen molar-refractivity contribution in [2.45, 2.75) is 35.7 Å². The van der Waals surface area contributed by atoms with Gasteiger partial charge in [0.15, 0.2) is 0 Å². The molecular weight excluding hydrogens is 503 g/mol. The van der Waals surface area contributed by atoms with Crippen molar-refractivity contribution < 1.29 is 13.3 Å². The molecule has 0 fully saturated rings. The average Bonchev–Trinajstić information content (AvgIpc) is 2.92. The Morgan fingerprint density at radius 3 is 1.92 bits per heavy atom. The van der Waals surface area contributed by atoms with E-state index in [1.807, 2.05) is 60.7 Å². The fourth-order valence-electron chi connectivity index (χ4n) is 4.52. The van der Waals surface area contributed by atoms with Gasteiger partial charge in [0.2, 0.25) is 0 Å². The molecule has 0 aliphatic heterocycles. The van der Waals surface area contributed by atoms with Crippen molar-refractivity contribution in [2.75, 3.05) is 0 Å². The predicted octanol–water partition coefficient (Wildman–Crippen LogP) is 8.30. The molecule has 0 unspecified atom stereocenters. The summed E-state index contributed by atoms with van der Waals surface area (Å²) in [6.45, 7) is 4.12. The standard InChI is InChI=1S/C31H26F2NOPS/c1-21(2)30-28(20-36(35,24-9-5-3-6-10-24)25-11-7-4-8-12-25)31(37-26-16-13-22(32)14-17-26)27-19-23(33)15-18-29(27)34-30/h3-19,21H,20H2,1-2H3. The Morgan fingerprint density at radius 2 is 1.35 bits per heavy atom. The van der Waals surface area contributed by atoms with Crippen LogP contribution in [0.1, 0.15) is 31.0 Å². The summed E-state index contributed by atoms with van der Waals surface area (Å²) >= 11 is 1.43. The number of aromatic nitrogens is 1. The summed E-state index contributed by atoms with van der Waals surface area (Å²) in [5.74, 6) is -0.652. The van der Waals surface area contributed by atoms with E-state index in [1.54, 1.807) is 18.2 Å². The lowest BCUT2D eigenvalue weighted by Crippen LogP contribution is -2.19. The van der Waals surface area contributed by atoms with Crippen molar-refractivity contribution in [1.29, 1.82) is 0 Å². The maximum Gasteiger partial charge on any atom is 0.147 e. The van der Waals surface area contributed by atoms with Crippen LogP contribution in [-0.2, 0) is 10.7 Å². The Bertz CT molecular complexity index is 1550. The zero-order valence-corrected chi connectivity index (χ0v) is 22.3. The molecule has 0 aliphatic rings. The third-order valence-electron chi connectivity index (χ3n) is 6.34. The van der Waals surface area contributed by atoms with Gasteiger partial charge < -0.3 is 4.57 Å². The van der Waals surface area contributed by atoms with Gasteiger partial charge >= 0.3 is 0 Å². The van der Waals surface area contributed by atoms with Crippen LogP contribution in [0.3, 0.4) is 0 Å². The molecule has 6 heteroatoms. The second-order valence-corrected chi connectivity index (χ2v) is 13.2. The highest BCUT2D eigenvalue weighted by Gasteiger charge is 2.31. The van der Waals surface area contributed by atoms with Crippen molar-refractivity contribution in [3.8, 4) is 0 Å². The molecule has 5 aromatic rings. The SMILES string of the molecule is CC(C)c1nc2ccc(F)cc2c(Sc2ccc(F)cc2)c1CP(=O)(c1ccccc1)c1ccccc1. The summed E-state index contributed by atoms with van der Waals surface area (Å²) in [7, 11) is -3.15. The number of hydrogen-bond acceptors (Lipinski definition) is 3. The molecule has 0 amide bonds. The second-order valence-electron chi connectivity index (χ2n) is 9.25. The van der Waals surface area contributed by atoms with Crippen LogP contribution >= 0.6 is 18.9 Å².